The molecule has 1 aromatic rings. The number of Topliss-reactive ketones (excluding diaryl/α,β-unsaturated/α-hetero) is 1. The van der Waals surface area contributed by atoms with Gasteiger partial charge >= 0.3 is 0 Å². The van der Waals surface area contributed by atoms with Crippen LogP contribution in [-0.2, 0) is 4.79 Å². The van der Waals surface area contributed by atoms with Gasteiger partial charge in [-0.15, -0.1) is 0 Å². The number of carbonyl (C=O) groups is 1. The summed E-state index contributed by atoms with van der Waals surface area (Å²) in [6.07, 6.45) is 2.06. The number of ketones is 1. The first-order chi connectivity index (χ1) is 7.58. The molecule has 0 radical (unpaired) electrons. The molecule has 0 bridgehead atoms. The molecule has 1 N–H and O–H groups in total. The molecule has 0 saturated heterocycles. The predicted octanol–water partition coefficient (Wildman–Crippen LogP) is 2.83. The van der Waals surface area contributed by atoms with Crippen LogP contribution in [0.25, 0.3) is 0 Å². The molecule has 86 valence electrons. The van der Waals surface area contributed by atoms with Crippen molar-refractivity contribution in [3.8, 4) is 0 Å². The second-order valence-corrected chi connectivity index (χ2v) is 4.51. The van der Waals surface area contributed by atoms with E-state index in [0.717, 1.165) is 24.1 Å². The van der Waals surface area contributed by atoms with Crippen LogP contribution in [-0.4, -0.2) is 12.3 Å². The Hall–Kier alpha value is -1.38. The molecule has 0 spiro atoms. The number of rotatable bonds is 4. The van der Waals surface area contributed by atoms with Crippen LogP contribution in [0.2, 0.25) is 0 Å². The van der Waals surface area contributed by atoms with E-state index in [9.17, 15) is 9.18 Å². The standard InChI is InChI=1S/C13H16FNO/c1-8-6-12(9(2)5-11(8)14)15-7-13(16)10-3-4-10/h5-6,10,15H,3-4,7H2,1-2H3. The Morgan fingerprint density at radius 3 is 2.69 bits per heavy atom. The van der Waals surface area contributed by atoms with Gasteiger partial charge in [-0.2, -0.15) is 0 Å². The first-order valence-electron chi connectivity index (χ1n) is 5.61. The number of halogens is 1. The van der Waals surface area contributed by atoms with Crippen LogP contribution in [0.15, 0.2) is 12.1 Å². The topological polar surface area (TPSA) is 29.1 Å². The summed E-state index contributed by atoms with van der Waals surface area (Å²) in [6.45, 7) is 3.92. The second kappa shape index (κ2) is 4.24. The van der Waals surface area contributed by atoms with E-state index in [1.54, 1.807) is 13.0 Å². The van der Waals surface area contributed by atoms with E-state index in [4.69, 9.17) is 0 Å². The maximum absolute atomic E-state index is 13.2. The highest BCUT2D eigenvalue weighted by molar-refractivity contribution is 5.87. The molecule has 2 rings (SSSR count). The van der Waals surface area contributed by atoms with Crippen LogP contribution < -0.4 is 5.32 Å². The monoisotopic (exact) mass is 221 g/mol. The molecular weight excluding hydrogens is 205 g/mol. The van der Waals surface area contributed by atoms with Crippen LogP contribution in [0, 0.1) is 25.6 Å². The Balaban J connectivity index is 2.03. The maximum Gasteiger partial charge on any atom is 0.154 e. The number of aryl methyl sites for hydroxylation is 2. The number of hydrogen-bond acceptors (Lipinski definition) is 2. The van der Waals surface area contributed by atoms with E-state index >= 15 is 0 Å². The summed E-state index contributed by atoms with van der Waals surface area (Å²) in [4.78, 5) is 11.5. The summed E-state index contributed by atoms with van der Waals surface area (Å²) in [5, 5.41) is 3.09. The Bertz CT molecular complexity index is 424. The lowest BCUT2D eigenvalue weighted by molar-refractivity contribution is -0.118. The molecule has 1 fully saturated rings. The van der Waals surface area contributed by atoms with Crippen molar-refractivity contribution in [2.45, 2.75) is 26.7 Å². The van der Waals surface area contributed by atoms with Crippen molar-refractivity contribution in [1.82, 2.24) is 0 Å². The summed E-state index contributed by atoms with van der Waals surface area (Å²) in [5.74, 6) is 0.340. The zero-order valence-electron chi connectivity index (χ0n) is 9.64. The highest BCUT2D eigenvalue weighted by atomic mass is 19.1. The van der Waals surface area contributed by atoms with E-state index in [1.165, 1.54) is 6.07 Å². The fraction of sp³-hybridized carbons (Fsp3) is 0.462. The number of carbonyl (C=O) groups excluding carboxylic acids is 1. The van der Waals surface area contributed by atoms with Crippen LogP contribution in [0.3, 0.4) is 0 Å². The van der Waals surface area contributed by atoms with Crippen LogP contribution in [0.5, 0.6) is 0 Å². The average molecular weight is 221 g/mol. The first kappa shape index (κ1) is 11.1. The Kier molecular flexibility index (Phi) is 2.95. The molecule has 0 aliphatic heterocycles. The zero-order valence-corrected chi connectivity index (χ0v) is 9.64. The van der Waals surface area contributed by atoms with Crippen LogP contribution >= 0.6 is 0 Å². The van der Waals surface area contributed by atoms with Gasteiger partial charge in [-0.25, -0.2) is 4.39 Å². The van der Waals surface area contributed by atoms with Gasteiger partial charge in [0.05, 0.1) is 6.54 Å². The highest BCUT2D eigenvalue weighted by Crippen LogP contribution is 2.30. The minimum absolute atomic E-state index is 0.198. The van der Waals surface area contributed by atoms with Crippen molar-refractivity contribution in [2.75, 3.05) is 11.9 Å². The smallest absolute Gasteiger partial charge is 0.154 e. The molecule has 1 saturated carbocycles. The van der Waals surface area contributed by atoms with Crippen molar-refractivity contribution < 1.29 is 9.18 Å². The van der Waals surface area contributed by atoms with Gasteiger partial charge in [0.25, 0.3) is 0 Å². The highest BCUT2D eigenvalue weighted by Gasteiger charge is 2.28. The van der Waals surface area contributed by atoms with Gasteiger partial charge in [-0.05, 0) is 49.9 Å². The lowest BCUT2D eigenvalue weighted by atomic mass is 10.1. The van der Waals surface area contributed by atoms with Crippen LogP contribution in [0.1, 0.15) is 24.0 Å². The van der Waals surface area contributed by atoms with E-state index in [0.29, 0.717) is 12.1 Å². The summed E-state index contributed by atoms with van der Waals surface area (Å²) in [5.41, 5.74) is 2.30. The molecular formula is C13H16FNO. The largest absolute Gasteiger partial charge is 0.378 e. The molecule has 1 aromatic carbocycles. The molecule has 1 aliphatic carbocycles. The third-order valence-electron chi connectivity index (χ3n) is 2.99. The normalized spacial score (nSPS) is 14.9. The number of nitrogens with one attached hydrogen (secondary N) is 1. The summed E-state index contributed by atoms with van der Waals surface area (Å²) in [6, 6.07) is 3.25. The third kappa shape index (κ3) is 2.40. The lowest BCUT2D eigenvalue weighted by Crippen LogP contribution is -2.16. The Labute approximate surface area is 94.9 Å². The predicted molar refractivity (Wildman–Crippen MR) is 62.1 cm³/mol. The van der Waals surface area contributed by atoms with Crippen molar-refractivity contribution in [3.63, 3.8) is 0 Å². The van der Waals surface area contributed by atoms with Crippen molar-refractivity contribution in [2.24, 2.45) is 5.92 Å². The molecule has 0 heterocycles. The lowest BCUT2D eigenvalue weighted by Gasteiger charge is -2.10. The summed E-state index contributed by atoms with van der Waals surface area (Å²) < 4.78 is 13.2. The van der Waals surface area contributed by atoms with E-state index in [-0.39, 0.29) is 17.5 Å². The van der Waals surface area contributed by atoms with Gasteiger partial charge in [0.15, 0.2) is 5.78 Å². The molecule has 0 aromatic heterocycles. The van der Waals surface area contributed by atoms with E-state index in [1.807, 2.05) is 6.92 Å². The van der Waals surface area contributed by atoms with E-state index < -0.39 is 0 Å². The van der Waals surface area contributed by atoms with Gasteiger partial charge < -0.3 is 5.32 Å². The third-order valence-corrected chi connectivity index (χ3v) is 2.99. The van der Waals surface area contributed by atoms with Crippen molar-refractivity contribution in [3.05, 3.63) is 29.1 Å². The van der Waals surface area contributed by atoms with Gasteiger partial charge in [-0.3, -0.25) is 4.79 Å². The number of benzene rings is 1. The molecule has 0 amide bonds. The number of hydrogen-bond donors (Lipinski definition) is 1. The summed E-state index contributed by atoms with van der Waals surface area (Å²) >= 11 is 0. The first-order valence-corrected chi connectivity index (χ1v) is 5.61. The minimum atomic E-state index is -0.198. The number of anilines is 1. The molecule has 0 atom stereocenters. The van der Waals surface area contributed by atoms with Gasteiger partial charge in [0.1, 0.15) is 5.82 Å². The SMILES string of the molecule is Cc1cc(NCC(=O)C2CC2)c(C)cc1F. The zero-order chi connectivity index (χ0) is 11.7. The van der Waals surface area contributed by atoms with Gasteiger partial charge in [0.2, 0.25) is 0 Å². The Morgan fingerprint density at radius 2 is 2.06 bits per heavy atom. The van der Waals surface area contributed by atoms with Crippen LogP contribution in [0.4, 0.5) is 10.1 Å². The fourth-order valence-electron chi connectivity index (χ4n) is 1.70. The molecule has 1 aliphatic rings. The molecule has 16 heavy (non-hydrogen) atoms. The quantitative estimate of drug-likeness (QED) is 0.847. The van der Waals surface area contributed by atoms with Crippen molar-refractivity contribution in [1.29, 1.82) is 0 Å². The Morgan fingerprint density at radius 1 is 1.38 bits per heavy atom. The van der Waals surface area contributed by atoms with Gasteiger partial charge in [-0.1, -0.05) is 0 Å². The van der Waals surface area contributed by atoms with E-state index in [2.05, 4.69) is 5.32 Å². The van der Waals surface area contributed by atoms with Crippen molar-refractivity contribution >= 4 is 11.5 Å². The fourth-order valence-corrected chi connectivity index (χ4v) is 1.70. The second-order valence-electron chi connectivity index (χ2n) is 4.51. The molecule has 2 nitrogen and oxygen atoms in total. The maximum atomic E-state index is 13.2. The minimum Gasteiger partial charge on any atom is -0.378 e. The summed E-state index contributed by atoms with van der Waals surface area (Å²) in [7, 11) is 0. The molecule has 3 heteroatoms. The van der Waals surface area contributed by atoms with Gasteiger partial charge in [0, 0.05) is 11.6 Å². The molecule has 0 unspecified atom stereocenters. The average Bonchev–Trinajstić information content (AvgIpc) is 3.04.